The summed E-state index contributed by atoms with van der Waals surface area (Å²) in [6.07, 6.45) is 3.11. The SMILES string of the molecule is CNCC1CCCN1C(=O)C1CC1c1ccc(F)cc1.Cl. The van der Waals surface area contributed by atoms with Crippen LogP contribution in [0.5, 0.6) is 0 Å². The van der Waals surface area contributed by atoms with Crippen LogP contribution >= 0.6 is 12.4 Å². The molecule has 1 saturated heterocycles. The Hall–Kier alpha value is -1.13. The third-order valence-corrected chi connectivity index (χ3v) is 4.51. The van der Waals surface area contributed by atoms with Crippen LogP contribution in [0.25, 0.3) is 0 Å². The van der Waals surface area contributed by atoms with Gasteiger partial charge in [-0.1, -0.05) is 12.1 Å². The molecule has 1 aliphatic carbocycles. The van der Waals surface area contributed by atoms with Crippen LogP contribution in [0.15, 0.2) is 24.3 Å². The molecule has 1 aromatic rings. The molecular formula is C16H22ClFN2O. The highest BCUT2D eigenvalue weighted by Crippen LogP contribution is 2.49. The summed E-state index contributed by atoms with van der Waals surface area (Å²) in [5.41, 5.74) is 1.09. The molecule has 1 aliphatic heterocycles. The van der Waals surface area contributed by atoms with Gasteiger partial charge in [-0.15, -0.1) is 12.4 Å². The van der Waals surface area contributed by atoms with Crippen molar-refractivity contribution in [1.29, 1.82) is 0 Å². The molecule has 0 aromatic heterocycles. The number of nitrogens with zero attached hydrogens (tertiary/aromatic N) is 1. The first kappa shape index (κ1) is 16.2. The van der Waals surface area contributed by atoms with E-state index in [2.05, 4.69) is 5.32 Å². The Labute approximate surface area is 131 Å². The maximum atomic E-state index is 12.9. The number of likely N-dealkylation sites (tertiary alicyclic amines) is 1. The number of hydrogen-bond donors (Lipinski definition) is 1. The molecule has 3 nitrogen and oxygen atoms in total. The van der Waals surface area contributed by atoms with E-state index >= 15 is 0 Å². The second-order valence-corrected chi connectivity index (χ2v) is 5.89. The Kier molecular flexibility index (Phi) is 5.22. The molecule has 1 saturated carbocycles. The minimum absolute atomic E-state index is 0. The van der Waals surface area contributed by atoms with Crippen molar-refractivity contribution >= 4 is 18.3 Å². The number of carbonyl (C=O) groups is 1. The van der Waals surface area contributed by atoms with Gasteiger partial charge in [0.1, 0.15) is 5.82 Å². The van der Waals surface area contributed by atoms with Crippen LogP contribution < -0.4 is 5.32 Å². The lowest BCUT2D eigenvalue weighted by Gasteiger charge is -2.24. The molecule has 2 aliphatic rings. The number of nitrogens with one attached hydrogen (secondary N) is 1. The molecule has 0 spiro atoms. The van der Waals surface area contributed by atoms with Crippen molar-refractivity contribution in [2.24, 2.45) is 5.92 Å². The zero-order valence-corrected chi connectivity index (χ0v) is 13.0. The molecule has 1 amide bonds. The fourth-order valence-electron chi connectivity index (χ4n) is 3.33. The van der Waals surface area contributed by atoms with E-state index in [0.717, 1.165) is 37.9 Å². The fourth-order valence-corrected chi connectivity index (χ4v) is 3.33. The summed E-state index contributed by atoms with van der Waals surface area (Å²) in [4.78, 5) is 14.6. The summed E-state index contributed by atoms with van der Waals surface area (Å²) in [5, 5.41) is 3.17. The molecule has 1 N–H and O–H groups in total. The summed E-state index contributed by atoms with van der Waals surface area (Å²) >= 11 is 0. The molecular weight excluding hydrogens is 291 g/mol. The molecule has 3 atom stereocenters. The smallest absolute Gasteiger partial charge is 0.226 e. The number of carbonyl (C=O) groups excluding carboxylic acids is 1. The van der Waals surface area contributed by atoms with Crippen molar-refractivity contribution in [3.05, 3.63) is 35.6 Å². The van der Waals surface area contributed by atoms with Crippen molar-refractivity contribution in [3.63, 3.8) is 0 Å². The van der Waals surface area contributed by atoms with E-state index in [0.29, 0.717) is 12.0 Å². The van der Waals surface area contributed by atoms with Crippen molar-refractivity contribution in [2.45, 2.75) is 31.2 Å². The summed E-state index contributed by atoms with van der Waals surface area (Å²) in [6.45, 7) is 1.76. The lowest BCUT2D eigenvalue weighted by Crippen LogP contribution is -2.41. The van der Waals surface area contributed by atoms with E-state index in [9.17, 15) is 9.18 Å². The van der Waals surface area contributed by atoms with E-state index in [1.807, 2.05) is 24.1 Å². The van der Waals surface area contributed by atoms with Gasteiger partial charge in [0, 0.05) is 25.0 Å². The Morgan fingerprint density at radius 3 is 2.76 bits per heavy atom. The minimum atomic E-state index is -0.217. The summed E-state index contributed by atoms with van der Waals surface area (Å²) in [5.74, 6) is 0.472. The maximum absolute atomic E-state index is 12.9. The van der Waals surface area contributed by atoms with Crippen LogP contribution in [0.3, 0.4) is 0 Å². The fraction of sp³-hybridized carbons (Fsp3) is 0.562. The van der Waals surface area contributed by atoms with Crippen LogP contribution in [0, 0.1) is 11.7 Å². The van der Waals surface area contributed by atoms with Gasteiger partial charge >= 0.3 is 0 Å². The van der Waals surface area contributed by atoms with Crippen molar-refractivity contribution < 1.29 is 9.18 Å². The van der Waals surface area contributed by atoms with E-state index in [1.54, 1.807) is 0 Å². The number of benzene rings is 1. The predicted octanol–water partition coefficient (Wildman–Crippen LogP) is 2.56. The normalized spacial score (nSPS) is 27.3. The van der Waals surface area contributed by atoms with E-state index in [-0.39, 0.29) is 30.0 Å². The van der Waals surface area contributed by atoms with Crippen molar-refractivity contribution in [1.82, 2.24) is 10.2 Å². The molecule has 3 unspecified atom stereocenters. The second kappa shape index (κ2) is 6.75. The molecule has 0 bridgehead atoms. The lowest BCUT2D eigenvalue weighted by atomic mass is 10.1. The molecule has 3 rings (SSSR count). The summed E-state index contributed by atoms with van der Waals surface area (Å²) in [7, 11) is 1.93. The van der Waals surface area contributed by atoms with E-state index in [4.69, 9.17) is 0 Å². The number of rotatable bonds is 4. The Morgan fingerprint density at radius 1 is 1.38 bits per heavy atom. The van der Waals surface area contributed by atoms with Gasteiger partial charge in [0.2, 0.25) is 5.91 Å². The monoisotopic (exact) mass is 312 g/mol. The standard InChI is InChI=1S/C16H21FN2O.ClH/c1-18-10-13-3-2-8-19(13)16(20)15-9-14(15)11-4-6-12(17)7-5-11;/h4-7,13-15,18H,2-3,8-10H2,1H3;1H. The Morgan fingerprint density at radius 2 is 2.10 bits per heavy atom. The van der Waals surface area contributed by atoms with Crippen molar-refractivity contribution in [3.8, 4) is 0 Å². The molecule has 2 fully saturated rings. The van der Waals surface area contributed by atoms with E-state index in [1.165, 1.54) is 12.1 Å². The average molecular weight is 313 g/mol. The van der Waals surface area contributed by atoms with Crippen LogP contribution in [0.2, 0.25) is 0 Å². The molecule has 5 heteroatoms. The molecule has 116 valence electrons. The van der Waals surface area contributed by atoms with Crippen LogP contribution in [0.1, 0.15) is 30.7 Å². The van der Waals surface area contributed by atoms with Gasteiger partial charge < -0.3 is 10.2 Å². The topological polar surface area (TPSA) is 32.3 Å². The quantitative estimate of drug-likeness (QED) is 0.927. The van der Waals surface area contributed by atoms with Gasteiger partial charge in [-0.2, -0.15) is 0 Å². The Bertz CT molecular complexity index is 494. The molecule has 1 heterocycles. The van der Waals surface area contributed by atoms with E-state index < -0.39 is 0 Å². The maximum Gasteiger partial charge on any atom is 0.226 e. The van der Waals surface area contributed by atoms with Gasteiger partial charge in [0.25, 0.3) is 0 Å². The minimum Gasteiger partial charge on any atom is -0.338 e. The number of hydrogen-bond acceptors (Lipinski definition) is 2. The lowest BCUT2D eigenvalue weighted by molar-refractivity contribution is -0.133. The van der Waals surface area contributed by atoms with Crippen LogP contribution in [0.4, 0.5) is 4.39 Å². The highest BCUT2D eigenvalue weighted by Gasteiger charge is 2.47. The first-order valence-corrected chi connectivity index (χ1v) is 7.41. The van der Waals surface area contributed by atoms with Gasteiger partial charge in [-0.05, 0) is 49.9 Å². The third kappa shape index (κ3) is 3.38. The van der Waals surface area contributed by atoms with Crippen LogP contribution in [-0.2, 0) is 4.79 Å². The highest BCUT2D eigenvalue weighted by atomic mass is 35.5. The highest BCUT2D eigenvalue weighted by molar-refractivity contribution is 5.85. The van der Waals surface area contributed by atoms with Crippen LogP contribution in [-0.4, -0.2) is 37.0 Å². The van der Waals surface area contributed by atoms with Crippen molar-refractivity contribution in [2.75, 3.05) is 20.1 Å². The largest absolute Gasteiger partial charge is 0.338 e. The first-order valence-electron chi connectivity index (χ1n) is 7.41. The van der Waals surface area contributed by atoms with Gasteiger partial charge in [0.15, 0.2) is 0 Å². The van der Waals surface area contributed by atoms with Gasteiger partial charge in [-0.25, -0.2) is 4.39 Å². The third-order valence-electron chi connectivity index (χ3n) is 4.51. The summed E-state index contributed by atoms with van der Waals surface area (Å²) in [6, 6.07) is 6.93. The molecule has 21 heavy (non-hydrogen) atoms. The first-order chi connectivity index (χ1) is 9.70. The number of likely N-dealkylation sites (N-methyl/N-ethyl adjacent to an activating group) is 1. The molecule has 1 aromatic carbocycles. The zero-order chi connectivity index (χ0) is 14.1. The average Bonchev–Trinajstić information content (AvgIpc) is 3.11. The predicted molar refractivity (Wildman–Crippen MR) is 83.2 cm³/mol. The summed E-state index contributed by atoms with van der Waals surface area (Å²) < 4.78 is 12.9. The van der Waals surface area contributed by atoms with Gasteiger partial charge in [-0.3, -0.25) is 4.79 Å². The number of halogens is 2. The molecule has 0 radical (unpaired) electrons. The van der Waals surface area contributed by atoms with Gasteiger partial charge in [0.05, 0.1) is 0 Å². The zero-order valence-electron chi connectivity index (χ0n) is 12.2. The second-order valence-electron chi connectivity index (χ2n) is 5.89. The number of amides is 1. The Balaban J connectivity index is 0.00000161.